The van der Waals surface area contributed by atoms with E-state index in [0.717, 1.165) is 12.1 Å². The van der Waals surface area contributed by atoms with Gasteiger partial charge in [-0.1, -0.05) is 23.2 Å². The summed E-state index contributed by atoms with van der Waals surface area (Å²) in [6.07, 6.45) is -4.39. The van der Waals surface area contributed by atoms with Crippen molar-refractivity contribution in [2.24, 2.45) is 0 Å². The Morgan fingerprint density at radius 3 is 2.04 bits per heavy atom. The average Bonchev–Trinajstić information content (AvgIpc) is 2.43. The van der Waals surface area contributed by atoms with Crippen LogP contribution < -0.4 is 10.6 Å². The molecule has 3 nitrogen and oxygen atoms in total. The highest BCUT2D eigenvalue weighted by Gasteiger charge is 2.29. The van der Waals surface area contributed by atoms with Crippen LogP contribution >= 0.6 is 23.2 Å². The number of hydrogen-bond acceptors (Lipinski definition) is 2. The van der Waals surface area contributed by atoms with Crippen LogP contribution in [0.25, 0.3) is 0 Å². The highest BCUT2D eigenvalue weighted by atomic mass is 35.5. The van der Waals surface area contributed by atoms with E-state index in [1.165, 1.54) is 30.3 Å². The number of nitrogens with one attached hydrogen (secondary N) is 2. The first-order valence-electron chi connectivity index (χ1n) is 6.41. The molecule has 2 N–H and O–H groups in total. The summed E-state index contributed by atoms with van der Waals surface area (Å²) in [7, 11) is 0. The van der Waals surface area contributed by atoms with E-state index in [2.05, 4.69) is 10.6 Å². The summed E-state index contributed by atoms with van der Waals surface area (Å²) in [5.41, 5.74) is 0.0834. The summed E-state index contributed by atoms with van der Waals surface area (Å²) in [5.74, 6) is -0.386. The fourth-order valence-electron chi connectivity index (χ4n) is 1.79. The summed E-state index contributed by atoms with van der Waals surface area (Å²) in [6, 6.07) is 8.98. The molecule has 0 fully saturated rings. The van der Waals surface area contributed by atoms with Crippen LogP contribution in [0.5, 0.6) is 0 Å². The van der Waals surface area contributed by atoms with Gasteiger partial charge in [0.2, 0.25) is 5.91 Å². The van der Waals surface area contributed by atoms with Gasteiger partial charge in [-0.15, -0.1) is 0 Å². The Labute approximate surface area is 140 Å². The maximum Gasteiger partial charge on any atom is 0.416 e. The molecule has 0 unspecified atom stereocenters. The summed E-state index contributed by atoms with van der Waals surface area (Å²) >= 11 is 11.6. The lowest BCUT2D eigenvalue weighted by Crippen LogP contribution is -2.21. The molecule has 0 saturated carbocycles. The molecule has 0 aliphatic rings. The number of benzene rings is 2. The molecular weight excluding hydrogens is 352 g/mol. The first kappa shape index (κ1) is 17.4. The first-order valence-corrected chi connectivity index (χ1v) is 7.17. The van der Waals surface area contributed by atoms with E-state index in [1.807, 2.05) is 0 Å². The molecule has 1 amide bonds. The number of hydrogen-bond donors (Lipinski definition) is 2. The van der Waals surface area contributed by atoms with Crippen LogP contribution in [-0.2, 0) is 11.0 Å². The largest absolute Gasteiger partial charge is 0.416 e. The predicted molar refractivity (Wildman–Crippen MR) is 85.0 cm³/mol. The monoisotopic (exact) mass is 362 g/mol. The number of amides is 1. The fourth-order valence-corrected chi connectivity index (χ4v) is 2.32. The molecule has 0 aliphatic heterocycles. The third kappa shape index (κ3) is 5.33. The topological polar surface area (TPSA) is 41.1 Å². The van der Waals surface area contributed by atoms with Crippen molar-refractivity contribution in [3.05, 3.63) is 58.1 Å². The van der Waals surface area contributed by atoms with E-state index < -0.39 is 11.7 Å². The Hall–Kier alpha value is -1.92. The van der Waals surface area contributed by atoms with Gasteiger partial charge in [0.25, 0.3) is 0 Å². The molecule has 0 radical (unpaired) electrons. The lowest BCUT2D eigenvalue weighted by atomic mass is 10.2. The van der Waals surface area contributed by atoms with Crippen molar-refractivity contribution >= 4 is 40.5 Å². The minimum Gasteiger partial charge on any atom is -0.376 e. The Morgan fingerprint density at radius 1 is 0.957 bits per heavy atom. The number of alkyl halides is 3. The molecule has 2 aromatic rings. The molecule has 2 aromatic carbocycles. The third-order valence-electron chi connectivity index (χ3n) is 2.81. The Balaban J connectivity index is 1.91. The van der Waals surface area contributed by atoms with Gasteiger partial charge in [0.1, 0.15) is 0 Å². The maximum atomic E-state index is 12.4. The molecule has 0 atom stereocenters. The van der Waals surface area contributed by atoms with Crippen molar-refractivity contribution in [3.63, 3.8) is 0 Å². The molecule has 23 heavy (non-hydrogen) atoms. The van der Waals surface area contributed by atoms with E-state index in [9.17, 15) is 18.0 Å². The van der Waals surface area contributed by atoms with Gasteiger partial charge in [0.15, 0.2) is 0 Å². The van der Waals surface area contributed by atoms with Gasteiger partial charge >= 0.3 is 6.18 Å². The van der Waals surface area contributed by atoms with Crippen molar-refractivity contribution < 1.29 is 18.0 Å². The van der Waals surface area contributed by atoms with E-state index >= 15 is 0 Å². The smallest absolute Gasteiger partial charge is 0.376 e. The standard InChI is InChI=1S/C15H11Cl2F3N2O/c16-10-5-11(17)7-13(6-10)22-14(23)8-21-12-3-1-9(2-4-12)15(18,19)20/h1-7,21H,8H2,(H,22,23). The van der Waals surface area contributed by atoms with Crippen LogP contribution in [0.2, 0.25) is 10.0 Å². The summed E-state index contributed by atoms with van der Waals surface area (Å²) in [6.45, 7) is -0.116. The predicted octanol–water partition coefficient (Wildman–Crippen LogP) is 5.06. The quantitative estimate of drug-likeness (QED) is 0.797. The minimum absolute atomic E-state index is 0.116. The van der Waals surface area contributed by atoms with Gasteiger partial charge in [0.05, 0.1) is 12.1 Å². The Bertz CT molecular complexity index is 683. The van der Waals surface area contributed by atoms with E-state index in [4.69, 9.17) is 23.2 Å². The average molecular weight is 363 g/mol. The van der Waals surface area contributed by atoms with Crippen LogP contribution in [0.4, 0.5) is 24.5 Å². The van der Waals surface area contributed by atoms with Gasteiger partial charge in [-0.25, -0.2) is 0 Å². The van der Waals surface area contributed by atoms with E-state index in [1.54, 1.807) is 0 Å². The second-order valence-electron chi connectivity index (χ2n) is 4.63. The van der Waals surface area contributed by atoms with Crippen LogP contribution in [0.1, 0.15) is 5.56 Å². The first-order chi connectivity index (χ1) is 10.7. The summed E-state index contributed by atoms with van der Waals surface area (Å²) in [4.78, 5) is 11.8. The van der Waals surface area contributed by atoms with Crippen molar-refractivity contribution in [1.82, 2.24) is 0 Å². The molecule has 0 saturated heterocycles. The lowest BCUT2D eigenvalue weighted by Gasteiger charge is -2.10. The van der Waals surface area contributed by atoms with Crippen LogP contribution in [-0.4, -0.2) is 12.5 Å². The van der Waals surface area contributed by atoms with Crippen molar-refractivity contribution in [2.45, 2.75) is 6.18 Å². The molecule has 0 bridgehead atoms. The van der Waals surface area contributed by atoms with Crippen LogP contribution in [0.15, 0.2) is 42.5 Å². The second-order valence-corrected chi connectivity index (χ2v) is 5.51. The molecule has 8 heteroatoms. The minimum atomic E-state index is -4.39. The van der Waals surface area contributed by atoms with Crippen molar-refractivity contribution in [2.75, 3.05) is 17.2 Å². The Kier molecular flexibility index (Phi) is 5.38. The van der Waals surface area contributed by atoms with Gasteiger partial charge in [-0.05, 0) is 42.5 Å². The van der Waals surface area contributed by atoms with Gasteiger partial charge in [-0.3, -0.25) is 4.79 Å². The zero-order chi connectivity index (χ0) is 17.0. The Morgan fingerprint density at radius 2 is 1.52 bits per heavy atom. The molecule has 2 rings (SSSR count). The van der Waals surface area contributed by atoms with E-state index in [-0.39, 0.29) is 12.5 Å². The molecule has 0 spiro atoms. The number of anilines is 2. The van der Waals surface area contributed by atoms with Gasteiger partial charge < -0.3 is 10.6 Å². The molecular formula is C15H11Cl2F3N2O. The van der Waals surface area contributed by atoms with Gasteiger partial charge in [-0.2, -0.15) is 13.2 Å². The highest BCUT2D eigenvalue weighted by Crippen LogP contribution is 2.29. The number of rotatable bonds is 4. The summed E-state index contributed by atoms with van der Waals surface area (Å²) < 4.78 is 37.3. The van der Waals surface area contributed by atoms with Crippen molar-refractivity contribution in [1.29, 1.82) is 0 Å². The zero-order valence-corrected chi connectivity index (χ0v) is 13.1. The summed E-state index contributed by atoms with van der Waals surface area (Å²) in [5, 5.41) is 6.06. The van der Waals surface area contributed by atoms with Crippen molar-refractivity contribution in [3.8, 4) is 0 Å². The van der Waals surface area contributed by atoms with Crippen LogP contribution in [0, 0.1) is 0 Å². The van der Waals surface area contributed by atoms with Gasteiger partial charge in [0, 0.05) is 21.4 Å². The third-order valence-corrected chi connectivity index (χ3v) is 3.25. The highest BCUT2D eigenvalue weighted by molar-refractivity contribution is 6.35. The molecule has 0 heterocycles. The molecule has 0 aromatic heterocycles. The fraction of sp³-hybridized carbons (Fsp3) is 0.133. The SMILES string of the molecule is O=C(CNc1ccc(C(F)(F)F)cc1)Nc1cc(Cl)cc(Cl)c1. The zero-order valence-electron chi connectivity index (χ0n) is 11.5. The number of carbonyl (C=O) groups excluding carboxylic acids is 1. The lowest BCUT2D eigenvalue weighted by molar-refractivity contribution is -0.137. The number of halogens is 5. The maximum absolute atomic E-state index is 12.4. The van der Waals surface area contributed by atoms with Crippen LogP contribution in [0.3, 0.4) is 0 Å². The second kappa shape index (κ2) is 7.10. The van der Waals surface area contributed by atoms with E-state index in [0.29, 0.717) is 21.4 Å². The molecule has 0 aliphatic carbocycles. The normalized spacial score (nSPS) is 11.2. The number of carbonyl (C=O) groups is 1. The molecule has 122 valence electrons.